The van der Waals surface area contributed by atoms with E-state index < -0.39 is 17.8 Å². The van der Waals surface area contributed by atoms with Gasteiger partial charge in [0, 0.05) is 30.2 Å². The van der Waals surface area contributed by atoms with Gasteiger partial charge in [-0.25, -0.2) is 4.39 Å². The Kier molecular flexibility index (Phi) is 4.65. The molecule has 1 N–H and O–H groups in total. The molecule has 0 aliphatic carbocycles. The summed E-state index contributed by atoms with van der Waals surface area (Å²) in [5.41, 5.74) is 1.96. The van der Waals surface area contributed by atoms with Gasteiger partial charge in [0.2, 0.25) is 5.88 Å². The number of rotatable bonds is 4. The summed E-state index contributed by atoms with van der Waals surface area (Å²) in [5, 5.41) is 27.2. The smallest absolute Gasteiger partial charge is 0.233 e. The lowest BCUT2D eigenvalue weighted by molar-refractivity contribution is -0.0596. The van der Waals surface area contributed by atoms with Gasteiger partial charge >= 0.3 is 0 Å². The number of aromatic nitrogens is 5. The third-order valence-corrected chi connectivity index (χ3v) is 6.77. The summed E-state index contributed by atoms with van der Waals surface area (Å²) in [6, 6.07) is 8.82. The van der Waals surface area contributed by atoms with E-state index in [1.807, 2.05) is 20.9 Å². The number of phenolic OH excluding ortho intramolecular Hbond substituents is 1. The summed E-state index contributed by atoms with van der Waals surface area (Å²) in [6.07, 6.45) is 2.48. The molecule has 8 nitrogen and oxygen atoms in total. The largest absolute Gasteiger partial charge is 0.507 e. The van der Waals surface area contributed by atoms with Crippen LogP contribution in [0, 0.1) is 6.92 Å². The number of fused-ring (bicyclic) bond motifs is 2. The number of benzene rings is 1. The zero-order valence-electron chi connectivity index (χ0n) is 17.7. The summed E-state index contributed by atoms with van der Waals surface area (Å²) in [6.45, 7) is 3.81. The lowest BCUT2D eigenvalue weighted by atomic mass is 9.87. The Morgan fingerprint density at radius 1 is 1.23 bits per heavy atom. The van der Waals surface area contributed by atoms with Gasteiger partial charge in [0.15, 0.2) is 6.17 Å². The fourth-order valence-corrected chi connectivity index (χ4v) is 4.76. The summed E-state index contributed by atoms with van der Waals surface area (Å²) in [7, 11) is 2.00. The second kappa shape index (κ2) is 7.26. The zero-order chi connectivity index (χ0) is 21.8. The predicted molar refractivity (Wildman–Crippen MR) is 112 cm³/mol. The summed E-state index contributed by atoms with van der Waals surface area (Å²) in [5.74, 6) is 0.329. The predicted octanol–water partition coefficient (Wildman–Crippen LogP) is 3.08. The highest BCUT2D eigenvalue weighted by molar-refractivity contribution is 5.68. The van der Waals surface area contributed by atoms with Crippen molar-refractivity contribution in [3.8, 4) is 28.6 Å². The number of phenols is 1. The molecule has 0 radical (unpaired) electrons. The molecule has 2 aliphatic rings. The van der Waals surface area contributed by atoms with Crippen molar-refractivity contribution < 1.29 is 14.2 Å². The maximum absolute atomic E-state index is 15.2. The summed E-state index contributed by atoms with van der Waals surface area (Å²) < 4.78 is 21.1. The number of nitrogens with zero attached hydrogens (tertiary/aromatic N) is 6. The van der Waals surface area contributed by atoms with E-state index in [0.717, 1.165) is 18.5 Å². The van der Waals surface area contributed by atoms with Crippen molar-refractivity contribution in [3.05, 3.63) is 42.2 Å². The van der Waals surface area contributed by atoms with E-state index >= 15 is 4.39 Å². The molecule has 2 saturated heterocycles. The van der Waals surface area contributed by atoms with Gasteiger partial charge in [-0.1, -0.05) is 0 Å². The van der Waals surface area contributed by atoms with Crippen molar-refractivity contribution >= 4 is 0 Å². The standard InChI is InChI=1S/C22H25FN6O2/c1-13-12-24-29(27-13)15-4-5-16(18(30)10-15)17-6-7-20(26-25-17)31-19-11-14-8-9-22(2,21(19)23)28(14)3/h4-7,10,12,14,19,21,30H,8-9,11H2,1-3H3/t14-,19-,21-,22+/m1/s1. The van der Waals surface area contributed by atoms with Crippen LogP contribution < -0.4 is 4.74 Å². The molecule has 9 heteroatoms. The van der Waals surface area contributed by atoms with Crippen LogP contribution in [-0.2, 0) is 0 Å². The van der Waals surface area contributed by atoms with Gasteiger partial charge in [-0.3, -0.25) is 4.90 Å². The van der Waals surface area contributed by atoms with E-state index in [1.54, 1.807) is 36.5 Å². The van der Waals surface area contributed by atoms with Crippen LogP contribution in [0.15, 0.2) is 36.5 Å². The average molecular weight is 424 g/mol. The molecule has 3 aromatic rings. The van der Waals surface area contributed by atoms with Crippen molar-refractivity contribution in [3.63, 3.8) is 0 Å². The number of alkyl halides is 1. The Morgan fingerprint density at radius 3 is 2.74 bits per heavy atom. The highest BCUT2D eigenvalue weighted by Crippen LogP contribution is 2.45. The van der Waals surface area contributed by atoms with Gasteiger partial charge in [-0.05, 0) is 51.9 Å². The van der Waals surface area contributed by atoms with Crippen molar-refractivity contribution in [2.24, 2.45) is 0 Å². The third kappa shape index (κ3) is 3.33. The van der Waals surface area contributed by atoms with E-state index in [0.29, 0.717) is 29.4 Å². The minimum absolute atomic E-state index is 0.0408. The van der Waals surface area contributed by atoms with Crippen LogP contribution in [0.25, 0.3) is 16.9 Å². The molecular weight excluding hydrogens is 399 g/mol. The average Bonchev–Trinajstić information content (AvgIpc) is 3.28. The maximum atomic E-state index is 15.2. The fraction of sp³-hybridized carbons (Fsp3) is 0.455. The fourth-order valence-electron chi connectivity index (χ4n) is 4.76. The van der Waals surface area contributed by atoms with Crippen LogP contribution in [0.3, 0.4) is 0 Å². The Bertz CT molecular complexity index is 1100. The first-order valence-corrected chi connectivity index (χ1v) is 10.5. The van der Waals surface area contributed by atoms with Gasteiger partial charge in [0.25, 0.3) is 0 Å². The number of hydrogen-bond acceptors (Lipinski definition) is 7. The van der Waals surface area contributed by atoms with E-state index in [2.05, 4.69) is 25.3 Å². The lowest BCUT2D eigenvalue weighted by Gasteiger charge is -2.45. The SMILES string of the molecule is Cc1cnn(-c2ccc(-c3ccc(O[C@@H]4C[C@H]5CC[C@@](C)([C@@H]4F)N5C)nn3)c(O)c2)n1. The Balaban J connectivity index is 1.33. The van der Waals surface area contributed by atoms with Crippen LogP contribution in [-0.4, -0.2) is 66.1 Å². The molecule has 2 aliphatic heterocycles. The van der Waals surface area contributed by atoms with E-state index in [9.17, 15) is 5.11 Å². The number of hydrogen-bond donors (Lipinski definition) is 1. The van der Waals surface area contributed by atoms with Crippen LogP contribution >= 0.6 is 0 Å². The molecule has 5 rings (SSSR count). The van der Waals surface area contributed by atoms with Crippen molar-refractivity contribution in [1.82, 2.24) is 30.1 Å². The molecule has 1 aromatic carbocycles. The molecule has 0 saturated carbocycles. The molecule has 162 valence electrons. The van der Waals surface area contributed by atoms with Gasteiger partial charge in [-0.2, -0.15) is 15.0 Å². The minimum Gasteiger partial charge on any atom is -0.507 e. The normalized spacial score (nSPS) is 28.1. The number of piperidine rings is 1. The van der Waals surface area contributed by atoms with E-state index in [-0.39, 0.29) is 11.6 Å². The van der Waals surface area contributed by atoms with Gasteiger partial charge < -0.3 is 9.84 Å². The summed E-state index contributed by atoms with van der Waals surface area (Å²) >= 11 is 0. The first-order valence-electron chi connectivity index (χ1n) is 10.5. The molecule has 0 unspecified atom stereocenters. The molecule has 2 bridgehead atoms. The van der Waals surface area contributed by atoms with Crippen LogP contribution in [0.1, 0.15) is 31.9 Å². The first-order chi connectivity index (χ1) is 14.8. The molecule has 4 atom stereocenters. The minimum atomic E-state index is -1.09. The third-order valence-electron chi connectivity index (χ3n) is 6.77. The van der Waals surface area contributed by atoms with Crippen LogP contribution in [0.2, 0.25) is 0 Å². The topological polar surface area (TPSA) is 89.2 Å². The Hall–Kier alpha value is -3.07. The monoisotopic (exact) mass is 424 g/mol. The van der Waals surface area contributed by atoms with Gasteiger partial charge in [-0.15, -0.1) is 10.2 Å². The van der Waals surface area contributed by atoms with Crippen LogP contribution in [0.4, 0.5) is 4.39 Å². The molecule has 31 heavy (non-hydrogen) atoms. The van der Waals surface area contributed by atoms with E-state index in [1.165, 1.54) is 4.80 Å². The number of ether oxygens (including phenoxy) is 1. The molecule has 0 spiro atoms. The Labute approximate surface area is 179 Å². The lowest BCUT2D eigenvalue weighted by Crippen LogP contribution is -2.60. The van der Waals surface area contributed by atoms with E-state index in [4.69, 9.17) is 4.74 Å². The van der Waals surface area contributed by atoms with Crippen LogP contribution in [0.5, 0.6) is 11.6 Å². The summed E-state index contributed by atoms with van der Waals surface area (Å²) in [4.78, 5) is 3.60. The number of aryl methyl sites for hydroxylation is 1. The molecule has 4 heterocycles. The quantitative estimate of drug-likeness (QED) is 0.688. The van der Waals surface area contributed by atoms with Crippen molar-refractivity contribution in [2.45, 2.75) is 57.0 Å². The number of aromatic hydroxyl groups is 1. The van der Waals surface area contributed by atoms with Gasteiger partial charge in [0.05, 0.1) is 28.8 Å². The highest BCUT2D eigenvalue weighted by Gasteiger charge is 2.55. The van der Waals surface area contributed by atoms with Crippen molar-refractivity contribution in [2.75, 3.05) is 7.05 Å². The number of halogens is 1. The molecule has 0 amide bonds. The second-order valence-electron chi connectivity index (χ2n) is 8.69. The van der Waals surface area contributed by atoms with Crippen molar-refractivity contribution in [1.29, 1.82) is 0 Å². The highest BCUT2D eigenvalue weighted by atomic mass is 19.1. The molecular formula is C22H25FN6O2. The Morgan fingerprint density at radius 2 is 2.06 bits per heavy atom. The zero-order valence-corrected chi connectivity index (χ0v) is 17.7. The maximum Gasteiger partial charge on any atom is 0.233 e. The molecule has 2 fully saturated rings. The molecule has 2 aromatic heterocycles. The first kappa shape index (κ1) is 19.9. The second-order valence-corrected chi connectivity index (χ2v) is 8.69. The van der Waals surface area contributed by atoms with Gasteiger partial charge in [0.1, 0.15) is 11.9 Å².